The summed E-state index contributed by atoms with van der Waals surface area (Å²) < 4.78 is 31.8. The molecule has 0 saturated carbocycles. The van der Waals surface area contributed by atoms with Crippen molar-refractivity contribution < 1.29 is 18.3 Å². The number of amides is 1. The van der Waals surface area contributed by atoms with Crippen LogP contribution in [0.1, 0.15) is 17.3 Å². The Morgan fingerprint density at radius 3 is 2.81 bits per heavy atom. The van der Waals surface area contributed by atoms with Crippen molar-refractivity contribution in [3.8, 4) is 5.75 Å². The number of anilines is 1. The van der Waals surface area contributed by atoms with Crippen LogP contribution in [0.15, 0.2) is 30.5 Å². The Bertz CT molecular complexity index is 680. The molecule has 1 amide bonds. The average molecular weight is 313 g/mol. The number of benzene rings is 1. The van der Waals surface area contributed by atoms with E-state index in [1.807, 2.05) is 0 Å². The summed E-state index contributed by atoms with van der Waals surface area (Å²) in [6, 6.07) is 4.91. The van der Waals surface area contributed by atoms with E-state index in [9.17, 15) is 13.6 Å². The molecule has 2 aromatic rings. The molecule has 0 unspecified atom stereocenters. The van der Waals surface area contributed by atoms with E-state index in [4.69, 9.17) is 16.3 Å². The lowest BCUT2D eigenvalue weighted by atomic mass is 10.2. The maximum Gasteiger partial charge on any atom is 0.258 e. The summed E-state index contributed by atoms with van der Waals surface area (Å²) >= 11 is 5.72. The number of carbonyl (C=O) groups excluding carboxylic acids is 1. The molecule has 0 radical (unpaired) electrons. The van der Waals surface area contributed by atoms with Gasteiger partial charge in [0, 0.05) is 11.8 Å². The Balaban J connectivity index is 2.19. The predicted octanol–water partition coefficient (Wildman–Crippen LogP) is 3.66. The van der Waals surface area contributed by atoms with E-state index in [1.165, 1.54) is 12.1 Å². The van der Waals surface area contributed by atoms with E-state index in [0.717, 1.165) is 18.3 Å². The van der Waals surface area contributed by atoms with Gasteiger partial charge in [0.1, 0.15) is 11.0 Å². The predicted molar refractivity (Wildman–Crippen MR) is 74.7 cm³/mol. The number of nitrogens with zero attached hydrogens (tertiary/aromatic N) is 1. The molecule has 0 spiro atoms. The highest BCUT2D eigenvalue weighted by Gasteiger charge is 2.14. The third-order valence-electron chi connectivity index (χ3n) is 2.54. The molecule has 2 rings (SSSR count). The molecule has 110 valence electrons. The highest BCUT2D eigenvalue weighted by atomic mass is 35.5. The molecule has 1 aromatic heterocycles. The van der Waals surface area contributed by atoms with Crippen LogP contribution in [-0.2, 0) is 0 Å². The first-order chi connectivity index (χ1) is 10.0. The molecule has 0 aliphatic heterocycles. The normalized spacial score (nSPS) is 10.3. The first-order valence-electron chi connectivity index (χ1n) is 6.06. The Kier molecular flexibility index (Phi) is 4.70. The molecule has 0 bridgehead atoms. The van der Waals surface area contributed by atoms with Gasteiger partial charge in [0.15, 0.2) is 11.6 Å². The molecule has 0 atom stereocenters. The molecule has 1 aromatic carbocycles. The van der Waals surface area contributed by atoms with Gasteiger partial charge in [-0.1, -0.05) is 11.6 Å². The van der Waals surface area contributed by atoms with Crippen LogP contribution in [0.5, 0.6) is 5.75 Å². The molecule has 0 aliphatic rings. The fourth-order valence-electron chi connectivity index (χ4n) is 1.63. The van der Waals surface area contributed by atoms with Gasteiger partial charge in [0.25, 0.3) is 5.91 Å². The van der Waals surface area contributed by atoms with Crippen molar-refractivity contribution in [3.05, 3.63) is 52.8 Å². The lowest BCUT2D eigenvalue weighted by Gasteiger charge is -2.09. The van der Waals surface area contributed by atoms with Crippen LogP contribution in [0, 0.1) is 11.6 Å². The SMILES string of the molecule is CCOc1ccc(NC(=O)c2cc(F)cnc2Cl)cc1F. The molecular formula is C14H11ClF2N2O2. The Morgan fingerprint density at radius 1 is 1.38 bits per heavy atom. The number of nitrogens with one attached hydrogen (secondary N) is 1. The van der Waals surface area contributed by atoms with Gasteiger partial charge in [-0.3, -0.25) is 4.79 Å². The highest BCUT2D eigenvalue weighted by molar-refractivity contribution is 6.33. The van der Waals surface area contributed by atoms with Gasteiger partial charge >= 0.3 is 0 Å². The van der Waals surface area contributed by atoms with Crippen molar-refractivity contribution in [2.45, 2.75) is 6.92 Å². The summed E-state index contributed by atoms with van der Waals surface area (Å²) in [7, 11) is 0. The van der Waals surface area contributed by atoms with Crippen LogP contribution < -0.4 is 10.1 Å². The van der Waals surface area contributed by atoms with Crippen molar-refractivity contribution in [3.63, 3.8) is 0 Å². The summed E-state index contributed by atoms with van der Waals surface area (Å²) in [5.74, 6) is -1.91. The third kappa shape index (κ3) is 3.66. The Labute approximate surface area is 124 Å². The number of hydrogen-bond acceptors (Lipinski definition) is 3. The Hall–Kier alpha value is -2.21. The second-order valence-electron chi connectivity index (χ2n) is 4.02. The fourth-order valence-corrected chi connectivity index (χ4v) is 1.82. The van der Waals surface area contributed by atoms with Crippen molar-refractivity contribution >= 4 is 23.2 Å². The molecule has 4 nitrogen and oxygen atoms in total. The summed E-state index contributed by atoms with van der Waals surface area (Å²) in [6.45, 7) is 2.06. The van der Waals surface area contributed by atoms with Crippen LogP contribution in [0.4, 0.5) is 14.5 Å². The molecule has 0 fully saturated rings. The number of rotatable bonds is 4. The minimum atomic E-state index is -0.692. The first kappa shape index (κ1) is 15.2. The summed E-state index contributed by atoms with van der Waals surface area (Å²) in [6.07, 6.45) is 0.898. The van der Waals surface area contributed by atoms with Gasteiger partial charge in [-0.25, -0.2) is 13.8 Å². The average Bonchev–Trinajstić information content (AvgIpc) is 2.44. The van der Waals surface area contributed by atoms with E-state index >= 15 is 0 Å². The lowest BCUT2D eigenvalue weighted by molar-refractivity contribution is 0.102. The minimum absolute atomic E-state index is 0.0842. The van der Waals surface area contributed by atoms with E-state index in [0.29, 0.717) is 6.61 Å². The quantitative estimate of drug-likeness (QED) is 0.876. The lowest BCUT2D eigenvalue weighted by Crippen LogP contribution is -2.13. The zero-order valence-electron chi connectivity index (χ0n) is 11.0. The van der Waals surface area contributed by atoms with Gasteiger partial charge in [0.2, 0.25) is 0 Å². The molecule has 0 saturated heterocycles. The zero-order chi connectivity index (χ0) is 15.4. The molecule has 7 heteroatoms. The summed E-state index contributed by atoms with van der Waals surface area (Å²) in [5, 5.41) is 2.27. The van der Waals surface area contributed by atoms with Crippen LogP contribution >= 0.6 is 11.6 Å². The smallest absolute Gasteiger partial charge is 0.258 e. The second-order valence-corrected chi connectivity index (χ2v) is 4.38. The number of ether oxygens (including phenoxy) is 1. The molecule has 1 N–H and O–H groups in total. The van der Waals surface area contributed by atoms with E-state index in [-0.39, 0.29) is 22.2 Å². The monoisotopic (exact) mass is 312 g/mol. The summed E-state index contributed by atoms with van der Waals surface area (Å²) in [4.78, 5) is 15.5. The summed E-state index contributed by atoms with van der Waals surface area (Å²) in [5.41, 5.74) is 0.0623. The molecular weight excluding hydrogens is 302 g/mol. The van der Waals surface area contributed by atoms with E-state index in [2.05, 4.69) is 10.3 Å². The minimum Gasteiger partial charge on any atom is -0.491 e. The van der Waals surface area contributed by atoms with E-state index in [1.54, 1.807) is 6.92 Å². The van der Waals surface area contributed by atoms with Gasteiger partial charge in [0.05, 0.1) is 18.4 Å². The van der Waals surface area contributed by atoms with Crippen LogP contribution in [-0.4, -0.2) is 17.5 Å². The van der Waals surface area contributed by atoms with Gasteiger partial charge in [-0.05, 0) is 25.1 Å². The van der Waals surface area contributed by atoms with Gasteiger partial charge in [-0.15, -0.1) is 0 Å². The van der Waals surface area contributed by atoms with Gasteiger partial charge in [-0.2, -0.15) is 0 Å². The number of hydrogen-bond donors (Lipinski definition) is 1. The van der Waals surface area contributed by atoms with Gasteiger partial charge < -0.3 is 10.1 Å². The van der Waals surface area contributed by atoms with Crippen LogP contribution in [0.2, 0.25) is 5.15 Å². The maximum absolute atomic E-state index is 13.7. The van der Waals surface area contributed by atoms with Crippen LogP contribution in [0.25, 0.3) is 0 Å². The third-order valence-corrected chi connectivity index (χ3v) is 2.84. The van der Waals surface area contributed by atoms with E-state index < -0.39 is 17.5 Å². The molecule has 1 heterocycles. The molecule has 0 aliphatic carbocycles. The van der Waals surface area contributed by atoms with Crippen molar-refractivity contribution in [1.82, 2.24) is 4.98 Å². The Morgan fingerprint density at radius 2 is 2.14 bits per heavy atom. The van der Waals surface area contributed by atoms with Crippen molar-refractivity contribution in [2.75, 3.05) is 11.9 Å². The zero-order valence-corrected chi connectivity index (χ0v) is 11.7. The van der Waals surface area contributed by atoms with Crippen LogP contribution in [0.3, 0.4) is 0 Å². The number of pyridine rings is 1. The largest absolute Gasteiger partial charge is 0.491 e. The second kappa shape index (κ2) is 6.49. The number of aromatic nitrogens is 1. The fraction of sp³-hybridized carbons (Fsp3) is 0.143. The first-order valence-corrected chi connectivity index (χ1v) is 6.43. The molecule has 21 heavy (non-hydrogen) atoms. The highest BCUT2D eigenvalue weighted by Crippen LogP contribution is 2.22. The van der Waals surface area contributed by atoms with Crippen molar-refractivity contribution in [1.29, 1.82) is 0 Å². The maximum atomic E-state index is 13.7. The topological polar surface area (TPSA) is 51.2 Å². The van der Waals surface area contributed by atoms with Crippen molar-refractivity contribution in [2.24, 2.45) is 0 Å². The standard InChI is InChI=1S/C14H11ClF2N2O2/c1-2-21-12-4-3-9(6-11(12)17)19-14(20)10-5-8(16)7-18-13(10)15/h3-7H,2H2,1H3,(H,19,20). The number of halogens is 3. The number of carbonyl (C=O) groups is 1.